The lowest BCUT2D eigenvalue weighted by atomic mass is 9.80. The normalized spacial score (nSPS) is 12.9. The highest BCUT2D eigenvalue weighted by molar-refractivity contribution is 6.05. The van der Waals surface area contributed by atoms with E-state index in [9.17, 15) is 0 Å². The third-order valence-electron chi connectivity index (χ3n) is 12.1. The molecule has 9 aromatic carbocycles. The summed E-state index contributed by atoms with van der Waals surface area (Å²) in [5.41, 5.74) is 15.2. The number of fused-ring (bicyclic) bond motifs is 7. The highest BCUT2D eigenvalue weighted by Gasteiger charge is 2.37. The summed E-state index contributed by atoms with van der Waals surface area (Å²) in [6.07, 6.45) is 0. The van der Waals surface area contributed by atoms with Crippen LogP contribution in [0.25, 0.3) is 99.6 Å². The van der Waals surface area contributed by atoms with Crippen LogP contribution in [-0.4, -0.2) is 9.97 Å². The number of nitrogens with zero attached hydrogens (tertiary/aromatic N) is 2. The van der Waals surface area contributed by atoms with Crippen molar-refractivity contribution < 1.29 is 0 Å². The van der Waals surface area contributed by atoms with Gasteiger partial charge in [0.05, 0.1) is 11.4 Å². The van der Waals surface area contributed by atoms with Crippen molar-refractivity contribution >= 4 is 32.3 Å². The first kappa shape index (κ1) is 33.2. The highest BCUT2D eigenvalue weighted by atomic mass is 14.9. The smallest absolute Gasteiger partial charge is 0.161 e. The van der Waals surface area contributed by atoms with Gasteiger partial charge >= 0.3 is 0 Å². The van der Waals surface area contributed by atoms with E-state index in [0.717, 1.165) is 33.5 Å². The van der Waals surface area contributed by atoms with E-state index in [2.05, 4.69) is 202 Å². The molecule has 0 aliphatic heterocycles. The van der Waals surface area contributed by atoms with Gasteiger partial charge in [0.2, 0.25) is 0 Å². The minimum absolute atomic E-state index is 0.0625. The fourth-order valence-corrected chi connectivity index (χ4v) is 9.20. The van der Waals surface area contributed by atoms with Crippen LogP contribution in [0.5, 0.6) is 0 Å². The first-order chi connectivity index (χ1) is 28.0. The Morgan fingerprint density at radius 3 is 1.68 bits per heavy atom. The van der Waals surface area contributed by atoms with Gasteiger partial charge in [0, 0.05) is 22.1 Å². The van der Waals surface area contributed by atoms with Gasteiger partial charge in [-0.1, -0.05) is 184 Å². The molecule has 11 rings (SSSR count). The molecule has 57 heavy (non-hydrogen) atoms. The van der Waals surface area contributed by atoms with Crippen LogP contribution in [0, 0.1) is 0 Å². The predicted octanol–water partition coefficient (Wildman–Crippen LogP) is 14.6. The number of rotatable bonds is 5. The van der Waals surface area contributed by atoms with Crippen molar-refractivity contribution in [2.45, 2.75) is 19.3 Å². The van der Waals surface area contributed by atoms with Crippen LogP contribution in [0.15, 0.2) is 194 Å². The SMILES string of the molecule is CC1(C)c2ccc(-c3ccc(-c4ccc(-c5nc(-c6ccccc6)cc(-c6ccc7ccccc7c6)n5)c5ccccc45)cc3)cc2-c2ccc3ccccc3c21. The molecule has 1 heterocycles. The Bertz CT molecular complexity index is 3190. The fourth-order valence-electron chi connectivity index (χ4n) is 9.20. The van der Waals surface area contributed by atoms with Crippen LogP contribution in [0.1, 0.15) is 25.0 Å². The van der Waals surface area contributed by atoms with Gasteiger partial charge < -0.3 is 0 Å². The van der Waals surface area contributed by atoms with E-state index < -0.39 is 0 Å². The van der Waals surface area contributed by atoms with Crippen molar-refractivity contribution in [3.05, 3.63) is 205 Å². The summed E-state index contributed by atoms with van der Waals surface area (Å²) in [5, 5.41) is 7.35. The summed E-state index contributed by atoms with van der Waals surface area (Å²) >= 11 is 0. The summed E-state index contributed by atoms with van der Waals surface area (Å²) in [5.74, 6) is 0.715. The highest BCUT2D eigenvalue weighted by Crippen LogP contribution is 2.52. The molecule has 2 heteroatoms. The molecule has 0 radical (unpaired) electrons. The molecule has 2 nitrogen and oxygen atoms in total. The lowest BCUT2D eigenvalue weighted by Gasteiger charge is -2.23. The predicted molar refractivity (Wildman–Crippen MR) is 239 cm³/mol. The molecule has 268 valence electrons. The van der Waals surface area contributed by atoms with Crippen molar-refractivity contribution in [3.8, 4) is 67.3 Å². The van der Waals surface area contributed by atoms with E-state index in [-0.39, 0.29) is 5.41 Å². The van der Waals surface area contributed by atoms with Gasteiger partial charge in [-0.2, -0.15) is 0 Å². The molecule has 0 saturated heterocycles. The summed E-state index contributed by atoms with van der Waals surface area (Å²) in [6, 6.07) is 70.1. The summed E-state index contributed by atoms with van der Waals surface area (Å²) in [7, 11) is 0. The monoisotopic (exact) mass is 726 g/mol. The van der Waals surface area contributed by atoms with Crippen LogP contribution in [0.2, 0.25) is 0 Å². The molecule has 0 N–H and O–H groups in total. The van der Waals surface area contributed by atoms with E-state index in [1.807, 2.05) is 6.07 Å². The maximum absolute atomic E-state index is 5.26. The molecule has 0 atom stereocenters. The van der Waals surface area contributed by atoms with Crippen molar-refractivity contribution in [3.63, 3.8) is 0 Å². The van der Waals surface area contributed by atoms with Crippen LogP contribution < -0.4 is 0 Å². The van der Waals surface area contributed by atoms with Gasteiger partial charge in [0.25, 0.3) is 0 Å². The zero-order valence-electron chi connectivity index (χ0n) is 31.9. The minimum Gasteiger partial charge on any atom is -0.228 e. The first-order valence-corrected chi connectivity index (χ1v) is 19.7. The molecule has 1 aliphatic carbocycles. The molecular formula is C55H38N2. The molecule has 10 aromatic rings. The third-order valence-corrected chi connectivity index (χ3v) is 12.1. The summed E-state index contributed by atoms with van der Waals surface area (Å²) < 4.78 is 0. The summed E-state index contributed by atoms with van der Waals surface area (Å²) in [4.78, 5) is 10.5. The van der Waals surface area contributed by atoms with Crippen molar-refractivity contribution in [1.82, 2.24) is 9.97 Å². The van der Waals surface area contributed by atoms with Gasteiger partial charge in [0.15, 0.2) is 5.82 Å². The summed E-state index contributed by atoms with van der Waals surface area (Å²) in [6.45, 7) is 4.73. The number of aromatic nitrogens is 2. The second-order valence-corrected chi connectivity index (χ2v) is 15.8. The van der Waals surface area contributed by atoms with Crippen molar-refractivity contribution in [1.29, 1.82) is 0 Å². The molecule has 0 spiro atoms. The lowest BCUT2D eigenvalue weighted by molar-refractivity contribution is 0.666. The van der Waals surface area contributed by atoms with E-state index in [1.165, 1.54) is 71.4 Å². The zero-order chi connectivity index (χ0) is 38.1. The number of benzene rings is 9. The molecule has 0 saturated carbocycles. The number of hydrogen-bond donors (Lipinski definition) is 0. The quantitative estimate of drug-likeness (QED) is 0.176. The van der Waals surface area contributed by atoms with Crippen LogP contribution in [0.4, 0.5) is 0 Å². The van der Waals surface area contributed by atoms with Gasteiger partial charge in [-0.25, -0.2) is 9.97 Å². The average Bonchev–Trinajstić information content (AvgIpc) is 3.51. The fraction of sp³-hybridized carbons (Fsp3) is 0.0545. The first-order valence-electron chi connectivity index (χ1n) is 19.7. The molecule has 0 amide bonds. The van der Waals surface area contributed by atoms with Gasteiger partial charge in [-0.3, -0.25) is 0 Å². The van der Waals surface area contributed by atoms with E-state index >= 15 is 0 Å². The van der Waals surface area contributed by atoms with Gasteiger partial charge in [-0.05, 0) is 101 Å². The topological polar surface area (TPSA) is 25.8 Å². The molecule has 0 unspecified atom stereocenters. The zero-order valence-corrected chi connectivity index (χ0v) is 31.9. The Hall–Kier alpha value is -7.16. The Labute approximate surface area is 332 Å². The standard InChI is InChI=1S/C55H38N2/c1-55(2)50-31-27-41(33-49(50)47-28-26-37-13-8-9-17-44(37)53(47)55)36-20-23-38(24-21-36)43-29-30-48(46-19-11-10-18-45(43)46)54-56-51(39-14-4-3-5-15-39)34-52(57-54)42-25-22-35-12-6-7-16-40(35)32-42/h3-34H,1-2H3. The second kappa shape index (κ2) is 13.0. The number of hydrogen-bond acceptors (Lipinski definition) is 2. The second-order valence-electron chi connectivity index (χ2n) is 15.8. The third kappa shape index (κ3) is 5.48. The van der Waals surface area contributed by atoms with Crippen LogP contribution in [-0.2, 0) is 5.41 Å². The van der Waals surface area contributed by atoms with Crippen molar-refractivity contribution in [2.75, 3.05) is 0 Å². The van der Waals surface area contributed by atoms with Crippen LogP contribution >= 0.6 is 0 Å². The molecule has 1 aliphatic rings. The molecule has 1 aromatic heterocycles. The van der Waals surface area contributed by atoms with E-state index in [0.29, 0.717) is 5.82 Å². The Kier molecular flexibility index (Phi) is 7.55. The molecule has 0 bridgehead atoms. The Balaban J connectivity index is 0.984. The Morgan fingerprint density at radius 2 is 0.895 bits per heavy atom. The maximum atomic E-state index is 5.26. The van der Waals surface area contributed by atoms with Gasteiger partial charge in [-0.15, -0.1) is 0 Å². The lowest BCUT2D eigenvalue weighted by Crippen LogP contribution is -2.15. The van der Waals surface area contributed by atoms with E-state index in [1.54, 1.807) is 0 Å². The van der Waals surface area contributed by atoms with Crippen molar-refractivity contribution in [2.24, 2.45) is 0 Å². The maximum Gasteiger partial charge on any atom is 0.161 e. The molecule has 0 fully saturated rings. The largest absolute Gasteiger partial charge is 0.228 e. The molecular weight excluding hydrogens is 689 g/mol. The van der Waals surface area contributed by atoms with Crippen LogP contribution in [0.3, 0.4) is 0 Å². The van der Waals surface area contributed by atoms with E-state index in [4.69, 9.17) is 9.97 Å². The minimum atomic E-state index is -0.0625. The Morgan fingerprint density at radius 1 is 0.333 bits per heavy atom. The average molecular weight is 727 g/mol. The van der Waals surface area contributed by atoms with Gasteiger partial charge in [0.1, 0.15) is 0 Å².